The van der Waals surface area contributed by atoms with E-state index in [0.717, 1.165) is 5.56 Å². The fourth-order valence-corrected chi connectivity index (χ4v) is 2.85. The van der Waals surface area contributed by atoms with Crippen molar-refractivity contribution in [3.05, 3.63) is 52.0 Å². The minimum Gasteiger partial charge on any atom is -0.373 e. The Morgan fingerprint density at radius 3 is 3.08 bits per heavy atom. The van der Waals surface area contributed by atoms with E-state index in [1.807, 2.05) is 6.07 Å². The van der Waals surface area contributed by atoms with E-state index in [4.69, 9.17) is 4.74 Å². The highest BCUT2D eigenvalue weighted by Gasteiger charge is 2.28. The number of hydrogen-bond acceptors (Lipinski definition) is 4. The van der Waals surface area contributed by atoms with Crippen LogP contribution in [0.1, 0.15) is 30.3 Å². The van der Waals surface area contributed by atoms with Crippen molar-refractivity contribution in [2.24, 2.45) is 5.92 Å². The number of halogens is 1. The summed E-state index contributed by atoms with van der Waals surface area (Å²) < 4.78 is 19.0. The van der Waals surface area contributed by atoms with Crippen LogP contribution in [0.5, 0.6) is 0 Å². The Hall–Kier alpha value is -2.48. The molecule has 3 N–H and O–H groups in total. The zero-order chi connectivity index (χ0) is 16.9. The van der Waals surface area contributed by atoms with E-state index in [1.54, 1.807) is 6.07 Å². The molecule has 1 fully saturated rings. The van der Waals surface area contributed by atoms with Crippen LogP contribution < -0.4 is 11.0 Å². The number of benzene rings is 1. The standard InChI is InChI=1S/C16H19FN4O3/c17-12-3-1-2-10(8-12)13-9-11(5-7-24-13)15(22)18-6-4-14-19-16(23)21-20-14/h1-3,8,11,13H,4-7,9H2,(H,18,22)(H2,19,20,21,23)/t11-,13+/m1/s1. The number of ether oxygens (including phenoxy) is 1. The summed E-state index contributed by atoms with van der Waals surface area (Å²) in [5.41, 5.74) is 0.389. The van der Waals surface area contributed by atoms with Gasteiger partial charge in [-0.15, -0.1) is 0 Å². The molecule has 1 aromatic heterocycles. The first-order chi connectivity index (χ1) is 11.6. The van der Waals surface area contributed by atoms with Crippen molar-refractivity contribution in [2.75, 3.05) is 13.2 Å². The summed E-state index contributed by atoms with van der Waals surface area (Å²) in [6.45, 7) is 0.855. The van der Waals surface area contributed by atoms with Gasteiger partial charge in [-0.25, -0.2) is 14.3 Å². The number of aromatic amines is 2. The maximum atomic E-state index is 13.3. The zero-order valence-electron chi connectivity index (χ0n) is 13.0. The molecule has 1 saturated heterocycles. The van der Waals surface area contributed by atoms with Gasteiger partial charge < -0.3 is 10.1 Å². The van der Waals surface area contributed by atoms with Gasteiger partial charge in [-0.3, -0.25) is 9.78 Å². The molecule has 0 unspecified atom stereocenters. The van der Waals surface area contributed by atoms with E-state index in [-0.39, 0.29) is 29.4 Å². The van der Waals surface area contributed by atoms with Gasteiger partial charge in [0.05, 0.1) is 6.10 Å². The number of nitrogens with one attached hydrogen (secondary N) is 3. The van der Waals surface area contributed by atoms with Gasteiger partial charge in [-0.2, -0.15) is 5.10 Å². The van der Waals surface area contributed by atoms with Gasteiger partial charge in [0, 0.05) is 25.5 Å². The van der Waals surface area contributed by atoms with Crippen molar-refractivity contribution < 1.29 is 13.9 Å². The number of rotatable bonds is 5. The molecular weight excluding hydrogens is 315 g/mol. The Morgan fingerprint density at radius 2 is 2.33 bits per heavy atom. The summed E-state index contributed by atoms with van der Waals surface area (Å²) in [5.74, 6) is -0.0385. The molecular formula is C16H19FN4O3. The van der Waals surface area contributed by atoms with Gasteiger partial charge >= 0.3 is 5.69 Å². The Kier molecular flexibility index (Phi) is 5.05. The molecule has 0 bridgehead atoms. The number of carbonyl (C=O) groups excluding carboxylic acids is 1. The van der Waals surface area contributed by atoms with Crippen molar-refractivity contribution in [1.82, 2.24) is 20.5 Å². The number of carbonyl (C=O) groups is 1. The maximum Gasteiger partial charge on any atom is 0.340 e. The molecule has 1 aliphatic rings. The average molecular weight is 334 g/mol. The van der Waals surface area contributed by atoms with Crippen LogP contribution in [0.25, 0.3) is 0 Å². The number of H-pyrrole nitrogens is 2. The fraction of sp³-hybridized carbons (Fsp3) is 0.438. The van der Waals surface area contributed by atoms with Crippen molar-refractivity contribution in [3.63, 3.8) is 0 Å². The first-order valence-corrected chi connectivity index (χ1v) is 7.90. The molecule has 7 nitrogen and oxygen atoms in total. The minimum absolute atomic E-state index is 0.0578. The van der Waals surface area contributed by atoms with Gasteiger partial charge in [0.2, 0.25) is 5.91 Å². The van der Waals surface area contributed by atoms with Crippen LogP contribution in [0.4, 0.5) is 4.39 Å². The van der Waals surface area contributed by atoms with Crippen LogP contribution >= 0.6 is 0 Å². The Morgan fingerprint density at radius 1 is 1.46 bits per heavy atom. The van der Waals surface area contributed by atoms with E-state index >= 15 is 0 Å². The SMILES string of the molecule is O=C(NCCc1n[nH]c(=O)[nH]1)[C@@H]1CCO[C@H](c2cccc(F)c2)C1. The molecule has 1 aromatic carbocycles. The average Bonchev–Trinajstić information content (AvgIpc) is 3.00. The lowest BCUT2D eigenvalue weighted by Crippen LogP contribution is -2.36. The third-order valence-corrected chi connectivity index (χ3v) is 4.09. The van der Waals surface area contributed by atoms with Gasteiger partial charge in [0.15, 0.2) is 0 Å². The lowest BCUT2D eigenvalue weighted by molar-refractivity contribution is -0.130. The molecule has 128 valence electrons. The first-order valence-electron chi connectivity index (χ1n) is 7.90. The van der Waals surface area contributed by atoms with E-state index in [0.29, 0.717) is 38.2 Å². The fourth-order valence-electron chi connectivity index (χ4n) is 2.85. The van der Waals surface area contributed by atoms with Crippen LogP contribution in [0.3, 0.4) is 0 Å². The zero-order valence-corrected chi connectivity index (χ0v) is 13.0. The monoisotopic (exact) mass is 334 g/mol. The molecule has 2 heterocycles. The molecule has 2 aromatic rings. The summed E-state index contributed by atoms with van der Waals surface area (Å²) in [5, 5.41) is 8.91. The minimum atomic E-state index is -0.362. The lowest BCUT2D eigenvalue weighted by atomic mass is 9.91. The molecule has 1 aliphatic heterocycles. The van der Waals surface area contributed by atoms with E-state index < -0.39 is 0 Å². The predicted molar refractivity (Wildman–Crippen MR) is 83.7 cm³/mol. The van der Waals surface area contributed by atoms with Crippen molar-refractivity contribution in [2.45, 2.75) is 25.4 Å². The summed E-state index contributed by atoms with van der Waals surface area (Å²) >= 11 is 0. The normalized spacial score (nSPS) is 20.7. The van der Waals surface area contributed by atoms with Gasteiger partial charge in [-0.05, 0) is 30.5 Å². The van der Waals surface area contributed by atoms with Crippen molar-refractivity contribution in [1.29, 1.82) is 0 Å². The van der Waals surface area contributed by atoms with Crippen molar-refractivity contribution >= 4 is 5.91 Å². The second-order valence-corrected chi connectivity index (χ2v) is 5.80. The number of amides is 1. The second kappa shape index (κ2) is 7.39. The Bertz CT molecular complexity index is 758. The molecule has 8 heteroatoms. The predicted octanol–water partition coefficient (Wildman–Crippen LogP) is 1.06. The molecule has 0 spiro atoms. The molecule has 3 rings (SSSR count). The number of hydrogen-bond donors (Lipinski definition) is 3. The Balaban J connectivity index is 1.52. The van der Waals surface area contributed by atoms with Crippen LogP contribution in [0, 0.1) is 11.7 Å². The van der Waals surface area contributed by atoms with E-state index in [1.165, 1.54) is 12.1 Å². The van der Waals surface area contributed by atoms with Crippen LogP contribution in [0.2, 0.25) is 0 Å². The van der Waals surface area contributed by atoms with Gasteiger partial charge in [0.1, 0.15) is 11.6 Å². The maximum absolute atomic E-state index is 13.3. The van der Waals surface area contributed by atoms with Gasteiger partial charge in [0.25, 0.3) is 0 Å². The summed E-state index contributed by atoms with van der Waals surface area (Å²) in [6.07, 6.45) is 1.33. The highest BCUT2D eigenvalue weighted by Crippen LogP contribution is 2.31. The third kappa shape index (κ3) is 4.08. The molecule has 24 heavy (non-hydrogen) atoms. The highest BCUT2D eigenvalue weighted by atomic mass is 19.1. The highest BCUT2D eigenvalue weighted by molar-refractivity contribution is 5.78. The largest absolute Gasteiger partial charge is 0.373 e. The van der Waals surface area contributed by atoms with E-state index in [2.05, 4.69) is 20.5 Å². The van der Waals surface area contributed by atoms with Crippen LogP contribution in [-0.4, -0.2) is 34.2 Å². The lowest BCUT2D eigenvalue weighted by Gasteiger charge is -2.29. The van der Waals surface area contributed by atoms with Gasteiger partial charge in [-0.1, -0.05) is 12.1 Å². The second-order valence-electron chi connectivity index (χ2n) is 5.80. The number of nitrogens with zero attached hydrogens (tertiary/aromatic N) is 1. The Labute approximate surface area is 137 Å². The van der Waals surface area contributed by atoms with Crippen molar-refractivity contribution in [3.8, 4) is 0 Å². The topological polar surface area (TPSA) is 99.9 Å². The summed E-state index contributed by atoms with van der Waals surface area (Å²) in [7, 11) is 0. The first kappa shape index (κ1) is 16.4. The molecule has 0 radical (unpaired) electrons. The van der Waals surface area contributed by atoms with E-state index in [9.17, 15) is 14.0 Å². The van der Waals surface area contributed by atoms with Crippen LogP contribution in [0.15, 0.2) is 29.1 Å². The smallest absolute Gasteiger partial charge is 0.340 e. The summed E-state index contributed by atoms with van der Waals surface area (Å²) in [4.78, 5) is 25.8. The third-order valence-electron chi connectivity index (χ3n) is 4.09. The number of aromatic nitrogens is 3. The quantitative estimate of drug-likeness (QED) is 0.761. The molecule has 2 atom stereocenters. The molecule has 1 amide bonds. The van der Waals surface area contributed by atoms with Crippen LogP contribution in [-0.2, 0) is 16.0 Å². The molecule has 0 saturated carbocycles. The summed E-state index contributed by atoms with van der Waals surface area (Å²) in [6, 6.07) is 6.28. The molecule has 0 aliphatic carbocycles.